The minimum atomic E-state index is -0.816. The molecule has 28 heavy (non-hydrogen) atoms. The SMILES string of the molecule is O=C(OCC(=O)N1CCN(C(=O)c2ccco2)CC1)c1cccc([N+](=O)[O-])c1. The molecule has 0 unspecified atom stereocenters. The lowest BCUT2D eigenvalue weighted by Crippen LogP contribution is -2.51. The van der Waals surface area contributed by atoms with Crippen LogP contribution in [0.2, 0.25) is 0 Å². The first kappa shape index (κ1) is 19.1. The summed E-state index contributed by atoms with van der Waals surface area (Å²) in [6, 6.07) is 8.29. The second kappa shape index (κ2) is 8.33. The van der Waals surface area contributed by atoms with Gasteiger partial charge in [-0.2, -0.15) is 0 Å². The molecule has 2 amide bonds. The van der Waals surface area contributed by atoms with Crippen molar-refractivity contribution in [2.45, 2.75) is 0 Å². The number of ether oxygens (including phenoxy) is 1. The molecule has 0 aliphatic carbocycles. The van der Waals surface area contributed by atoms with E-state index in [0.717, 1.165) is 6.07 Å². The topological polar surface area (TPSA) is 123 Å². The number of non-ortho nitro benzene ring substituents is 1. The maximum Gasteiger partial charge on any atom is 0.338 e. The van der Waals surface area contributed by atoms with Crippen LogP contribution in [-0.4, -0.2) is 65.3 Å². The zero-order valence-electron chi connectivity index (χ0n) is 14.8. The molecule has 2 aromatic rings. The smallest absolute Gasteiger partial charge is 0.338 e. The molecule has 10 nitrogen and oxygen atoms in total. The van der Waals surface area contributed by atoms with Crippen molar-refractivity contribution < 1.29 is 28.5 Å². The van der Waals surface area contributed by atoms with Crippen LogP contribution in [0.5, 0.6) is 0 Å². The second-order valence-corrected chi connectivity index (χ2v) is 6.03. The highest BCUT2D eigenvalue weighted by Crippen LogP contribution is 2.14. The zero-order chi connectivity index (χ0) is 20.1. The molecule has 1 aromatic carbocycles. The van der Waals surface area contributed by atoms with Crippen LogP contribution in [-0.2, 0) is 9.53 Å². The Hall–Kier alpha value is -3.69. The number of carbonyl (C=O) groups excluding carboxylic acids is 3. The van der Waals surface area contributed by atoms with Crippen LogP contribution in [0.1, 0.15) is 20.9 Å². The molecule has 0 atom stereocenters. The molecule has 146 valence electrons. The Morgan fingerprint density at radius 3 is 2.43 bits per heavy atom. The van der Waals surface area contributed by atoms with E-state index < -0.39 is 23.4 Å². The number of amides is 2. The Morgan fingerprint density at radius 2 is 1.79 bits per heavy atom. The Morgan fingerprint density at radius 1 is 1.07 bits per heavy atom. The summed E-state index contributed by atoms with van der Waals surface area (Å²) in [5.74, 6) is -1.22. The van der Waals surface area contributed by atoms with Crippen molar-refractivity contribution >= 4 is 23.5 Å². The predicted molar refractivity (Wildman–Crippen MR) is 94.6 cm³/mol. The fourth-order valence-corrected chi connectivity index (χ4v) is 2.76. The summed E-state index contributed by atoms with van der Waals surface area (Å²) in [6.45, 7) is 0.807. The van der Waals surface area contributed by atoms with Gasteiger partial charge in [0.15, 0.2) is 12.4 Å². The Labute approximate surface area is 159 Å². The van der Waals surface area contributed by atoms with Gasteiger partial charge in [0.1, 0.15) is 0 Å². The van der Waals surface area contributed by atoms with E-state index in [2.05, 4.69) is 0 Å². The molecule has 0 bridgehead atoms. The fraction of sp³-hybridized carbons (Fsp3) is 0.278. The van der Waals surface area contributed by atoms with Gasteiger partial charge >= 0.3 is 5.97 Å². The van der Waals surface area contributed by atoms with E-state index in [1.54, 1.807) is 17.0 Å². The van der Waals surface area contributed by atoms with Crippen LogP contribution in [0.4, 0.5) is 5.69 Å². The largest absolute Gasteiger partial charge is 0.459 e. The van der Waals surface area contributed by atoms with Gasteiger partial charge in [0.05, 0.1) is 16.7 Å². The Balaban J connectivity index is 1.48. The average Bonchev–Trinajstić information content (AvgIpc) is 3.26. The lowest BCUT2D eigenvalue weighted by atomic mass is 10.2. The molecule has 0 spiro atoms. The number of benzene rings is 1. The van der Waals surface area contributed by atoms with Crippen molar-refractivity contribution in [1.29, 1.82) is 0 Å². The zero-order valence-corrected chi connectivity index (χ0v) is 14.8. The number of rotatable bonds is 5. The van der Waals surface area contributed by atoms with Crippen LogP contribution in [0, 0.1) is 10.1 Å². The molecule has 1 aromatic heterocycles. The number of furan rings is 1. The van der Waals surface area contributed by atoms with E-state index in [1.165, 1.54) is 29.4 Å². The summed E-state index contributed by atoms with van der Waals surface area (Å²) < 4.78 is 10.0. The maximum atomic E-state index is 12.2. The van der Waals surface area contributed by atoms with E-state index in [-0.39, 0.29) is 22.9 Å². The number of piperazine rings is 1. The van der Waals surface area contributed by atoms with Crippen LogP contribution in [0.15, 0.2) is 47.1 Å². The second-order valence-electron chi connectivity index (χ2n) is 6.03. The van der Waals surface area contributed by atoms with Crippen molar-refractivity contribution in [3.8, 4) is 0 Å². The number of esters is 1. The number of hydrogen-bond donors (Lipinski definition) is 0. The Kier molecular flexibility index (Phi) is 5.68. The molecule has 10 heteroatoms. The highest BCUT2D eigenvalue weighted by Gasteiger charge is 2.26. The van der Waals surface area contributed by atoms with Gasteiger partial charge in [-0.25, -0.2) is 4.79 Å². The molecule has 2 heterocycles. The standard InChI is InChI=1S/C18H17N3O7/c22-16(12-28-18(24)13-3-1-4-14(11-13)21(25)26)19-6-8-20(9-7-19)17(23)15-5-2-10-27-15/h1-5,10-11H,6-9,12H2. The van der Waals surface area contributed by atoms with Gasteiger partial charge in [0.25, 0.3) is 17.5 Å². The summed E-state index contributed by atoms with van der Waals surface area (Å²) in [4.78, 5) is 49.6. The van der Waals surface area contributed by atoms with E-state index in [0.29, 0.717) is 26.2 Å². The summed E-state index contributed by atoms with van der Waals surface area (Å²) in [5, 5.41) is 10.8. The van der Waals surface area contributed by atoms with Gasteiger partial charge in [0.2, 0.25) is 0 Å². The van der Waals surface area contributed by atoms with E-state index in [4.69, 9.17) is 9.15 Å². The van der Waals surface area contributed by atoms with Gasteiger partial charge in [-0.3, -0.25) is 19.7 Å². The van der Waals surface area contributed by atoms with Crippen molar-refractivity contribution in [1.82, 2.24) is 9.80 Å². The third-order valence-electron chi connectivity index (χ3n) is 4.27. The molecular weight excluding hydrogens is 370 g/mol. The lowest BCUT2D eigenvalue weighted by Gasteiger charge is -2.34. The van der Waals surface area contributed by atoms with Crippen molar-refractivity contribution in [2.75, 3.05) is 32.8 Å². The third-order valence-corrected chi connectivity index (χ3v) is 4.27. The molecule has 0 N–H and O–H groups in total. The minimum Gasteiger partial charge on any atom is -0.459 e. The molecular formula is C18H17N3O7. The molecule has 0 radical (unpaired) electrons. The summed E-state index contributed by atoms with van der Waals surface area (Å²) in [5.41, 5.74) is -0.242. The first-order valence-electron chi connectivity index (χ1n) is 8.48. The van der Waals surface area contributed by atoms with Gasteiger partial charge in [-0.05, 0) is 18.2 Å². The number of nitro benzene ring substituents is 1. The maximum absolute atomic E-state index is 12.2. The molecule has 1 aliphatic heterocycles. The highest BCUT2D eigenvalue weighted by molar-refractivity contribution is 5.92. The van der Waals surface area contributed by atoms with Crippen LogP contribution >= 0.6 is 0 Å². The summed E-state index contributed by atoms with van der Waals surface area (Å²) >= 11 is 0. The quantitative estimate of drug-likeness (QED) is 0.431. The van der Waals surface area contributed by atoms with Gasteiger partial charge in [-0.15, -0.1) is 0 Å². The van der Waals surface area contributed by atoms with E-state index in [9.17, 15) is 24.5 Å². The summed E-state index contributed by atoms with van der Waals surface area (Å²) in [6.07, 6.45) is 1.42. The van der Waals surface area contributed by atoms with Crippen molar-refractivity contribution in [2.24, 2.45) is 0 Å². The molecule has 1 fully saturated rings. The summed E-state index contributed by atoms with van der Waals surface area (Å²) in [7, 11) is 0. The van der Waals surface area contributed by atoms with Crippen molar-refractivity contribution in [3.63, 3.8) is 0 Å². The third kappa shape index (κ3) is 4.34. The first-order chi connectivity index (χ1) is 13.5. The van der Waals surface area contributed by atoms with Crippen LogP contribution < -0.4 is 0 Å². The molecule has 3 rings (SSSR count). The monoisotopic (exact) mass is 387 g/mol. The Bertz CT molecular complexity index is 886. The van der Waals surface area contributed by atoms with E-state index >= 15 is 0 Å². The van der Waals surface area contributed by atoms with Gasteiger partial charge in [-0.1, -0.05) is 6.07 Å². The number of nitrogens with zero attached hydrogens (tertiary/aromatic N) is 3. The fourth-order valence-electron chi connectivity index (χ4n) is 2.76. The van der Waals surface area contributed by atoms with Crippen molar-refractivity contribution in [3.05, 3.63) is 64.1 Å². The molecule has 1 saturated heterocycles. The number of hydrogen-bond acceptors (Lipinski definition) is 7. The van der Waals surface area contributed by atoms with Crippen LogP contribution in [0.25, 0.3) is 0 Å². The minimum absolute atomic E-state index is 0.00383. The van der Waals surface area contributed by atoms with Crippen LogP contribution in [0.3, 0.4) is 0 Å². The van der Waals surface area contributed by atoms with Gasteiger partial charge in [0, 0.05) is 38.3 Å². The molecule has 1 aliphatic rings. The van der Waals surface area contributed by atoms with Gasteiger partial charge < -0.3 is 19.0 Å². The normalized spacial score (nSPS) is 13.9. The predicted octanol–water partition coefficient (Wildman–Crippen LogP) is 1.33. The number of nitro groups is 1. The molecule has 0 saturated carbocycles. The number of carbonyl (C=O) groups is 3. The lowest BCUT2D eigenvalue weighted by molar-refractivity contribution is -0.384. The highest BCUT2D eigenvalue weighted by atomic mass is 16.6. The van der Waals surface area contributed by atoms with E-state index in [1.807, 2.05) is 0 Å². The average molecular weight is 387 g/mol. The first-order valence-corrected chi connectivity index (χ1v) is 8.48.